The maximum absolute atomic E-state index is 17.8. The zero-order valence-corrected chi connectivity index (χ0v) is 37.8. The number of halogens is 1. The number of carbonyl (C=O) groups is 5. The molecule has 3 saturated carbocycles. The molecule has 0 bridgehead atoms. The molecule has 9 atom stereocenters. The number of benzene rings is 3. The van der Waals surface area contributed by atoms with Gasteiger partial charge in [-0.2, -0.15) is 0 Å². The van der Waals surface area contributed by atoms with E-state index in [1.807, 2.05) is 31.2 Å². The van der Waals surface area contributed by atoms with Crippen LogP contribution in [0.15, 0.2) is 109 Å². The number of fused-ring (bicyclic) bond motifs is 8. The molecule has 67 heavy (non-hydrogen) atoms. The number of hydrogen-bond acceptors (Lipinski definition) is 13. The maximum Gasteiger partial charge on any atom is 0.344 e. The number of allylic oxidation sites excluding steroid dienone is 4. The molecule has 4 fully saturated rings. The van der Waals surface area contributed by atoms with Gasteiger partial charge in [0.05, 0.1) is 23.7 Å². The molecule has 0 radical (unpaired) electrons. The highest BCUT2D eigenvalue weighted by Crippen LogP contribution is 2.72. The van der Waals surface area contributed by atoms with Crippen LogP contribution in [0.1, 0.15) is 80.8 Å². The number of alkyl halides is 1. The number of ether oxygens (including phenoxy) is 5. The Morgan fingerprint density at radius 3 is 2.46 bits per heavy atom. The van der Waals surface area contributed by atoms with E-state index >= 15 is 4.39 Å². The van der Waals surface area contributed by atoms with Crippen molar-refractivity contribution in [1.29, 1.82) is 0 Å². The average Bonchev–Trinajstić information content (AvgIpc) is 3.72. The van der Waals surface area contributed by atoms with Crippen molar-refractivity contribution >= 4 is 45.9 Å². The van der Waals surface area contributed by atoms with Crippen LogP contribution in [0, 0.1) is 22.7 Å². The van der Waals surface area contributed by atoms with Crippen molar-refractivity contribution < 1.29 is 57.2 Å². The zero-order valence-electron chi connectivity index (χ0n) is 37.8. The molecule has 1 aliphatic heterocycles. The Morgan fingerprint density at radius 1 is 0.955 bits per heavy atom. The highest BCUT2D eigenvalue weighted by Gasteiger charge is 2.80. The summed E-state index contributed by atoms with van der Waals surface area (Å²) in [4.78, 5) is 69.9. The number of rotatable bonds is 13. The Bertz CT molecular complexity index is 2700. The molecule has 0 spiro atoms. The minimum absolute atomic E-state index is 0.0275. The lowest BCUT2D eigenvalue weighted by molar-refractivity contribution is -0.246. The molecular formula is C52H54FN3O11. The van der Waals surface area contributed by atoms with E-state index in [1.54, 1.807) is 63.5 Å². The molecule has 4 aliphatic carbocycles. The number of nitrogens with one attached hydrogen (secondary N) is 1. The van der Waals surface area contributed by atoms with Crippen LogP contribution in [0.3, 0.4) is 0 Å². The van der Waals surface area contributed by atoms with Crippen molar-refractivity contribution in [3.05, 3.63) is 126 Å². The summed E-state index contributed by atoms with van der Waals surface area (Å²) >= 11 is 0. The molecule has 5 aliphatic rings. The molecule has 3 aromatic carbocycles. The quantitative estimate of drug-likeness (QED) is 0.121. The molecule has 1 aromatic heterocycles. The van der Waals surface area contributed by atoms with E-state index in [0.29, 0.717) is 41.6 Å². The Hall–Kier alpha value is -6.13. The van der Waals surface area contributed by atoms with Crippen LogP contribution in [-0.4, -0.2) is 88.5 Å². The lowest BCUT2D eigenvalue weighted by Gasteiger charge is -2.62. The number of pyridine rings is 1. The molecule has 14 nitrogen and oxygen atoms in total. The number of ketones is 2. The van der Waals surface area contributed by atoms with Gasteiger partial charge in [-0.05, 0) is 124 Å². The number of aliphatic hydroxyl groups excluding tert-OH is 1. The number of hydrogen-bond donors (Lipinski definition) is 3. The molecule has 4 N–H and O–H groups in total. The Labute approximate surface area is 387 Å². The smallest absolute Gasteiger partial charge is 0.344 e. The van der Waals surface area contributed by atoms with Crippen LogP contribution >= 0.6 is 0 Å². The molecular weight excluding hydrogens is 862 g/mol. The van der Waals surface area contributed by atoms with Gasteiger partial charge in [-0.15, -0.1) is 0 Å². The van der Waals surface area contributed by atoms with Gasteiger partial charge in [0.15, 0.2) is 36.1 Å². The summed E-state index contributed by atoms with van der Waals surface area (Å²) in [5, 5.41) is 16.7. The SMILES string of the molecule is CC1(C)O[C@@H]2C[C@H]3[C@@H]4CCC5=CC(=O)C=C[C@]5(C)[C@@]4(F)[C@@H](O)C[C@]3(C)[C@]2(C(=O)COC(=O)COc2ccc(C(=O)OCc3ccc([C@@H](CN)C(=O)Nc4ccc5cnccc5c4)cc3)cc2)O1. The summed E-state index contributed by atoms with van der Waals surface area (Å²) in [5.74, 6) is -5.07. The molecule has 0 unspecified atom stereocenters. The summed E-state index contributed by atoms with van der Waals surface area (Å²) in [7, 11) is 0. The summed E-state index contributed by atoms with van der Waals surface area (Å²) < 4.78 is 47.2. The predicted octanol–water partition coefficient (Wildman–Crippen LogP) is 6.63. The molecule has 1 saturated heterocycles. The Kier molecular flexibility index (Phi) is 11.8. The number of Topliss-reactive ketones (excluding diaryl/α,β-unsaturated/α-hetero) is 1. The number of anilines is 1. The normalized spacial score (nSPS) is 30.5. The van der Waals surface area contributed by atoms with Crippen LogP contribution in [-0.2, 0) is 44.7 Å². The Morgan fingerprint density at radius 2 is 1.72 bits per heavy atom. The summed E-state index contributed by atoms with van der Waals surface area (Å²) in [5.41, 5.74) is 2.92. The highest BCUT2D eigenvalue weighted by molar-refractivity contribution is 6.01. The van der Waals surface area contributed by atoms with Gasteiger partial charge < -0.3 is 39.8 Å². The predicted molar refractivity (Wildman–Crippen MR) is 242 cm³/mol. The van der Waals surface area contributed by atoms with Crippen molar-refractivity contribution in [3.63, 3.8) is 0 Å². The number of carbonyl (C=O) groups excluding carboxylic acids is 5. The van der Waals surface area contributed by atoms with Gasteiger partial charge in [0.1, 0.15) is 12.4 Å². The van der Waals surface area contributed by atoms with E-state index in [9.17, 15) is 29.1 Å². The van der Waals surface area contributed by atoms with Gasteiger partial charge >= 0.3 is 11.9 Å². The zero-order chi connectivity index (χ0) is 47.5. The van der Waals surface area contributed by atoms with Gasteiger partial charge in [-0.1, -0.05) is 48.9 Å². The molecule has 1 amide bonds. The van der Waals surface area contributed by atoms with Gasteiger partial charge in [0, 0.05) is 46.8 Å². The average molecular weight is 916 g/mol. The van der Waals surface area contributed by atoms with Crippen LogP contribution in [0.4, 0.5) is 10.1 Å². The first kappa shape index (κ1) is 46.0. The van der Waals surface area contributed by atoms with Crippen molar-refractivity contribution in [2.45, 2.75) is 95.2 Å². The number of amides is 1. The standard InChI is InChI=1S/C52H54FN3O11/c1-48(2)66-44-23-41-40-16-12-35-22-37(57)17-19-49(35,3)51(40,53)42(58)24-50(41,4)52(44,67-48)43(59)28-64-45(60)29-63-38-14-10-32(11-15-38)47(62)65-27-30-5-7-31(8-6-30)39(25-54)46(61)56-36-13-9-34-26-55-20-18-33(34)21-36/h5-11,13-15,17-22,26,39-42,44,58H,12,16,23-25,27-29,54H2,1-4H3,(H,56,61)/t39-,40+,41+,42+,44-,49+,50+,51+,52-/m1/s1. The van der Waals surface area contributed by atoms with Crippen LogP contribution < -0.4 is 15.8 Å². The molecule has 9 rings (SSSR count). The number of aromatic nitrogens is 1. The third-order valence-corrected chi connectivity index (χ3v) is 15.1. The van der Waals surface area contributed by atoms with E-state index in [2.05, 4.69) is 10.3 Å². The second-order valence-corrected chi connectivity index (χ2v) is 19.3. The third-order valence-electron chi connectivity index (χ3n) is 15.1. The molecule has 15 heteroatoms. The fourth-order valence-corrected chi connectivity index (χ4v) is 11.8. The van der Waals surface area contributed by atoms with Crippen molar-refractivity contribution in [1.82, 2.24) is 4.98 Å². The minimum Gasteiger partial charge on any atom is -0.482 e. The summed E-state index contributed by atoms with van der Waals surface area (Å²) in [6, 6.07) is 20.5. The fraction of sp³-hybridized carbons (Fsp3) is 0.423. The lowest BCUT2D eigenvalue weighted by Crippen LogP contribution is -2.70. The van der Waals surface area contributed by atoms with Crippen molar-refractivity contribution in [3.8, 4) is 5.75 Å². The number of aliphatic hydroxyl groups is 1. The molecule has 2 heterocycles. The first-order chi connectivity index (χ1) is 31.9. The number of esters is 2. The third kappa shape index (κ3) is 7.84. The van der Waals surface area contributed by atoms with E-state index in [-0.39, 0.29) is 42.6 Å². The van der Waals surface area contributed by atoms with Crippen molar-refractivity contribution in [2.75, 3.05) is 25.1 Å². The largest absolute Gasteiger partial charge is 0.482 e. The summed E-state index contributed by atoms with van der Waals surface area (Å²) in [6.07, 6.45) is 6.60. The van der Waals surface area contributed by atoms with Gasteiger partial charge in [0.2, 0.25) is 11.7 Å². The first-order valence-corrected chi connectivity index (χ1v) is 22.6. The molecule has 4 aromatic rings. The Balaban J connectivity index is 0.771. The topological polar surface area (TPSA) is 203 Å². The van der Waals surface area contributed by atoms with E-state index in [4.69, 9.17) is 29.4 Å². The van der Waals surface area contributed by atoms with E-state index in [0.717, 1.165) is 10.8 Å². The second kappa shape index (κ2) is 17.2. The van der Waals surface area contributed by atoms with Gasteiger partial charge in [-0.3, -0.25) is 19.4 Å². The van der Waals surface area contributed by atoms with Crippen LogP contribution in [0.5, 0.6) is 5.75 Å². The van der Waals surface area contributed by atoms with Crippen LogP contribution in [0.2, 0.25) is 0 Å². The van der Waals surface area contributed by atoms with Crippen LogP contribution in [0.25, 0.3) is 10.8 Å². The van der Waals surface area contributed by atoms with E-state index < -0.39 is 88.8 Å². The molecule has 350 valence electrons. The van der Waals surface area contributed by atoms with E-state index in [1.165, 1.54) is 36.4 Å². The monoisotopic (exact) mass is 915 g/mol. The van der Waals surface area contributed by atoms with Crippen molar-refractivity contribution in [2.24, 2.45) is 28.4 Å². The lowest BCUT2D eigenvalue weighted by atomic mass is 9.44. The van der Waals surface area contributed by atoms with Gasteiger partial charge in [-0.25, -0.2) is 14.0 Å². The maximum atomic E-state index is 17.8. The second-order valence-electron chi connectivity index (χ2n) is 19.3. The number of nitrogens with two attached hydrogens (primary N) is 1. The minimum atomic E-state index is -2.11. The van der Waals surface area contributed by atoms with Gasteiger partial charge in [0.25, 0.3) is 0 Å². The fourth-order valence-electron chi connectivity index (χ4n) is 11.8. The first-order valence-electron chi connectivity index (χ1n) is 22.6. The highest BCUT2D eigenvalue weighted by atomic mass is 19.1. The number of nitrogens with zero attached hydrogens (tertiary/aromatic N) is 1. The summed E-state index contributed by atoms with van der Waals surface area (Å²) in [6.45, 7) is 5.81.